The van der Waals surface area contributed by atoms with Crippen molar-refractivity contribution in [2.45, 2.75) is 20.8 Å². The second kappa shape index (κ2) is 11.2. The van der Waals surface area contributed by atoms with Crippen molar-refractivity contribution >= 4 is 58.5 Å². The van der Waals surface area contributed by atoms with Crippen LogP contribution >= 0.6 is 11.6 Å². The van der Waals surface area contributed by atoms with Gasteiger partial charge in [-0.1, -0.05) is 29.8 Å². The summed E-state index contributed by atoms with van der Waals surface area (Å²) in [6.45, 7) is 4.25. The number of hydrogen-bond acceptors (Lipinski definition) is 8. The van der Waals surface area contributed by atoms with Crippen molar-refractivity contribution in [3.8, 4) is 0 Å². The van der Waals surface area contributed by atoms with Crippen molar-refractivity contribution in [2.75, 3.05) is 24.0 Å². The van der Waals surface area contributed by atoms with Crippen molar-refractivity contribution in [1.82, 2.24) is 10.4 Å². The lowest BCUT2D eigenvalue weighted by Crippen LogP contribution is -2.57. The lowest BCUT2D eigenvalue weighted by atomic mass is 9.68. The molecule has 2 aromatic rings. The summed E-state index contributed by atoms with van der Waals surface area (Å²) in [4.78, 5) is 67.9. The molecule has 0 fully saturated rings. The number of anilines is 2. The summed E-state index contributed by atoms with van der Waals surface area (Å²) in [7, 11) is 1.02. The largest absolute Gasteiger partial charge is 0.468 e. The van der Waals surface area contributed by atoms with E-state index < -0.39 is 46.7 Å². The Bertz CT molecular complexity index is 1440. The monoisotopic (exact) mass is 567 g/mol. The molecule has 2 aliphatic heterocycles. The SMILES string of the molecule is CCOC(=O)C1=C(C)N(NC(=O)Nc2ccccc2)C(=O)C1(C(=O)OC)C1C(=O)N(c2ccc(Cl)cc2)N=C1C. The van der Waals surface area contributed by atoms with Crippen LogP contribution in [0.5, 0.6) is 0 Å². The Hall–Kier alpha value is -4.71. The predicted molar refractivity (Wildman–Crippen MR) is 145 cm³/mol. The van der Waals surface area contributed by atoms with Gasteiger partial charge in [0.1, 0.15) is 5.92 Å². The topological polar surface area (TPSA) is 147 Å². The van der Waals surface area contributed by atoms with Crippen LogP contribution in [0, 0.1) is 11.3 Å². The van der Waals surface area contributed by atoms with E-state index in [0.717, 1.165) is 17.1 Å². The number of urea groups is 1. The Kier molecular flexibility index (Phi) is 7.91. The van der Waals surface area contributed by atoms with Crippen molar-refractivity contribution in [3.05, 3.63) is 70.9 Å². The van der Waals surface area contributed by atoms with Gasteiger partial charge in [0.15, 0.2) is 5.41 Å². The fourth-order valence-electron chi connectivity index (χ4n) is 4.83. The van der Waals surface area contributed by atoms with Gasteiger partial charge in [0.05, 0.1) is 36.4 Å². The molecule has 2 aromatic carbocycles. The zero-order chi connectivity index (χ0) is 29.2. The molecule has 0 aromatic heterocycles. The van der Waals surface area contributed by atoms with Gasteiger partial charge in [-0.25, -0.2) is 25.0 Å². The van der Waals surface area contributed by atoms with Gasteiger partial charge in [-0.2, -0.15) is 5.10 Å². The third kappa shape index (κ3) is 4.66. The van der Waals surface area contributed by atoms with Gasteiger partial charge in [-0.15, -0.1) is 0 Å². The Morgan fingerprint density at radius 2 is 1.70 bits per heavy atom. The maximum atomic E-state index is 14.2. The van der Waals surface area contributed by atoms with Gasteiger partial charge in [0.25, 0.3) is 11.8 Å². The molecule has 2 unspecified atom stereocenters. The van der Waals surface area contributed by atoms with Crippen LogP contribution in [0.2, 0.25) is 5.02 Å². The molecule has 0 bridgehead atoms. The number of halogens is 1. The number of hydrazine groups is 1. The second-order valence-corrected chi connectivity index (χ2v) is 9.29. The van der Waals surface area contributed by atoms with Gasteiger partial charge in [-0.05, 0) is 57.2 Å². The van der Waals surface area contributed by atoms with Gasteiger partial charge in [-0.3, -0.25) is 14.4 Å². The lowest BCUT2D eigenvalue weighted by molar-refractivity contribution is -0.164. The average Bonchev–Trinajstić information content (AvgIpc) is 3.34. The molecule has 0 saturated heterocycles. The molecule has 2 N–H and O–H groups in total. The summed E-state index contributed by atoms with van der Waals surface area (Å²) in [5.41, 5.74) is 0.0543. The van der Waals surface area contributed by atoms with E-state index in [0.29, 0.717) is 16.4 Å². The summed E-state index contributed by atoms with van der Waals surface area (Å²) >= 11 is 5.98. The third-order valence-corrected chi connectivity index (χ3v) is 6.75. The number of carbonyl (C=O) groups excluding carboxylic acids is 5. The van der Waals surface area contributed by atoms with E-state index in [1.165, 1.54) is 26.0 Å². The lowest BCUT2D eigenvalue weighted by Gasteiger charge is -2.32. The number of nitrogens with zero attached hydrogens (tertiary/aromatic N) is 3. The number of methoxy groups -OCH3 is 1. The van der Waals surface area contributed by atoms with Crippen LogP contribution in [0.15, 0.2) is 71.0 Å². The average molecular weight is 568 g/mol. The number of ether oxygens (including phenoxy) is 2. The van der Waals surface area contributed by atoms with E-state index >= 15 is 0 Å². The number of para-hydroxylation sites is 1. The van der Waals surface area contributed by atoms with Crippen molar-refractivity contribution < 1.29 is 33.4 Å². The molecule has 40 heavy (non-hydrogen) atoms. The van der Waals surface area contributed by atoms with Crippen LogP contribution in [0.25, 0.3) is 0 Å². The number of nitrogens with one attached hydrogen (secondary N) is 2. The Morgan fingerprint density at radius 3 is 2.30 bits per heavy atom. The fraction of sp³-hybridized carbons (Fsp3) is 0.259. The van der Waals surface area contributed by atoms with Gasteiger partial charge in [0.2, 0.25) is 0 Å². The molecule has 0 aliphatic carbocycles. The first-order chi connectivity index (χ1) is 19.1. The van der Waals surface area contributed by atoms with Crippen LogP contribution in [0.4, 0.5) is 16.2 Å². The summed E-state index contributed by atoms with van der Waals surface area (Å²) in [5.74, 6) is -5.69. The molecule has 0 spiro atoms. The number of rotatable bonds is 7. The molecule has 2 atom stereocenters. The second-order valence-electron chi connectivity index (χ2n) is 8.85. The molecule has 0 saturated carbocycles. The van der Waals surface area contributed by atoms with Crippen molar-refractivity contribution in [2.24, 2.45) is 16.4 Å². The zero-order valence-corrected chi connectivity index (χ0v) is 22.8. The highest BCUT2D eigenvalue weighted by Crippen LogP contribution is 2.50. The third-order valence-electron chi connectivity index (χ3n) is 6.50. The minimum atomic E-state index is -2.54. The number of hydrogen-bond donors (Lipinski definition) is 2. The highest BCUT2D eigenvalue weighted by molar-refractivity contribution is 6.31. The normalized spacial score (nSPS) is 20.4. The van der Waals surface area contributed by atoms with E-state index in [1.54, 1.807) is 49.4 Å². The highest BCUT2D eigenvalue weighted by atomic mass is 35.5. The first-order valence-electron chi connectivity index (χ1n) is 12.2. The Morgan fingerprint density at radius 1 is 1.05 bits per heavy atom. The molecule has 4 amide bonds. The van der Waals surface area contributed by atoms with Gasteiger partial charge >= 0.3 is 18.0 Å². The Balaban J connectivity index is 1.81. The predicted octanol–water partition coefficient (Wildman–Crippen LogP) is 3.25. The number of amides is 4. The van der Waals surface area contributed by atoms with E-state index in [2.05, 4.69) is 15.8 Å². The molecule has 4 rings (SSSR count). The molecule has 2 aliphatic rings. The van der Waals surface area contributed by atoms with Gasteiger partial charge in [0, 0.05) is 10.7 Å². The fourth-order valence-corrected chi connectivity index (χ4v) is 4.95. The molecule has 2 heterocycles. The van der Waals surface area contributed by atoms with E-state index in [9.17, 15) is 24.0 Å². The number of esters is 2. The van der Waals surface area contributed by atoms with Crippen molar-refractivity contribution in [1.29, 1.82) is 0 Å². The van der Waals surface area contributed by atoms with Crippen LogP contribution in [-0.4, -0.2) is 54.2 Å². The number of allylic oxidation sites excluding steroid dienone is 1. The van der Waals surface area contributed by atoms with E-state index in [1.807, 2.05) is 0 Å². The molecule has 0 radical (unpaired) electrons. The molecule has 13 heteroatoms. The van der Waals surface area contributed by atoms with Crippen molar-refractivity contribution in [3.63, 3.8) is 0 Å². The maximum Gasteiger partial charge on any atom is 0.338 e. The van der Waals surface area contributed by atoms with Crippen LogP contribution in [0.3, 0.4) is 0 Å². The number of carbonyl (C=O) groups is 5. The molecular weight excluding hydrogens is 542 g/mol. The summed E-state index contributed by atoms with van der Waals surface area (Å²) in [5, 5.41) is 9.05. The number of hydrazone groups is 1. The molecule has 12 nitrogen and oxygen atoms in total. The standard InChI is InChI=1S/C27H26ClN5O7/c1-5-40-23(35)21-16(3)32(31-26(38)29-18-9-7-6-8-10-18)24(36)27(21,25(37)39-4)20-15(2)30-33(22(20)34)19-13-11-17(28)12-14-19/h6-14,20H,5H2,1-4H3,(H2,29,31,38). The minimum Gasteiger partial charge on any atom is -0.468 e. The summed E-state index contributed by atoms with van der Waals surface area (Å²) in [6, 6.07) is 13.7. The first kappa shape index (κ1) is 28.3. The first-order valence-corrected chi connectivity index (χ1v) is 12.5. The van der Waals surface area contributed by atoms with Crippen LogP contribution < -0.4 is 15.8 Å². The quantitative estimate of drug-likeness (QED) is 0.385. The zero-order valence-electron chi connectivity index (χ0n) is 22.1. The van der Waals surface area contributed by atoms with E-state index in [4.69, 9.17) is 21.1 Å². The number of benzene rings is 2. The molecule has 208 valence electrons. The van der Waals surface area contributed by atoms with Crippen LogP contribution in [0.1, 0.15) is 20.8 Å². The van der Waals surface area contributed by atoms with Gasteiger partial charge < -0.3 is 14.8 Å². The Labute approximate surface area is 234 Å². The van der Waals surface area contributed by atoms with Crippen LogP contribution in [-0.2, 0) is 28.7 Å². The maximum absolute atomic E-state index is 14.2. The summed E-state index contributed by atoms with van der Waals surface area (Å²) < 4.78 is 10.2. The smallest absolute Gasteiger partial charge is 0.338 e. The highest BCUT2D eigenvalue weighted by Gasteiger charge is 2.69. The van der Waals surface area contributed by atoms with E-state index in [-0.39, 0.29) is 18.0 Å². The minimum absolute atomic E-state index is 0.0592. The molecular formula is C27H26ClN5O7. The summed E-state index contributed by atoms with van der Waals surface area (Å²) in [6.07, 6.45) is 0.